The Labute approximate surface area is 117 Å². The lowest BCUT2D eigenvalue weighted by Crippen LogP contribution is -2.58. The van der Waals surface area contributed by atoms with Crippen molar-refractivity contribution in [1.82, 2.24) is 4.90 Å². The Bertz CT molecular complexity index is 449. The topological polar surface area (TPSA) is 23.6 Å². The molecule has 0 aliphatic carbocycles. The van der Waals surface area contributed by atoms with E-state index in [0.29, 0.717) is 6.04 Å². The number of piperazine rings is 1. The van der Waals surface area contributed by atoms with E-state index in [-0.39, 0.29) is 11.9 Å². The average Bonchev–Trinajstić information content (AvgIpc) is 2.32. The second-order valence-corrected chi connectivity index (χ2v) is 5.78. The van der Waals surface area contributed by atoms with E-state index in [0.717, 1.165) is 17.6 Å². The van der Waals surface area contributed by atoms with Gasteiger partial charge in [0.1, 0.15) is 0 Å². The summed E-state index contributed by atoms with van der Waals surface area (Å²) in [5.74, 6) is 0.170. The van der Waals surface area contributed by atoms with Crippen LogP contribution in [0.25, 0.3) is 0 Å². The zero-order valence-corrected chi connectivity index (χ0v) is 12.6. The molecule has 0 saturated carbocycles. The van der Waals surface area contributed by atoms with Crippen molar-refractivity contribution < 1.29 is 4.79 Å². The van der Waals surface area contributed by atoms with Crippen molar-refractivity contribution in [2.24, 2.45) is 0 Å². The summed E-state index contributed by atoms with van der Waals surface area (Å²) >= 11 is 3.51. The summed E-state index contributed by atoms with van der Waals surface area (Å²) in [6, 6.07) is 8.91. The van der Waals surface area contributed by atoms with Crippen molar-refractivity contribution in [3.63, 3.8) is 0 Å². The van der Waals surface area contributed by atoms with Crippen LogP contribution in [-0.2, 0) is 4.79 Å². The van der Waals surface area contributed by atoms with Crippen molar-refractivity contribution in [3.05, 3.63) is 28.7 Å². The highest BCUT2D eigenvalue weighted by atomic mass is 79.9. The molecule has 0 N–H and O–H groups in total. The van der Waals surface area contributed by atoms with Gasteiger partial charge >= 0.3 is 0 Å². The zero-order chi connectivity index (χ0) is 13.3. The summed E-state index contributed by atoms with van der Waals surface area (Å²) in [6.07, 6.45) is 0. The third-order valence-corrected chi connectivity index (χ3v) is 4.30. The number of hydrogen-bond acceptors (Lipinski definition) is 2. The fraction of sp³-hybridized carbons (Fsp3) is 0.500. The van der Waals surface area contributed by atoms with Gasteiger partial charge in [-0.25, -0.2) is 0 Å². The van der Waals surface area contributed by atoms with E-state index in [1.807, 2.05) is 17.0 Å². The van der Waals surface area contributed by atoms with Gasteiger partial charge in [-0.15, -0.1) is 0 Å². The smallest absolute Gasteiger partial charge is 0.219 e. The largest absolute Gasteiger partial charge is 0.365 e. The number of benzene rings is 1. The SMILES string of the molecule is CC(=O)N1CCN(c2cccc(Br)c2)C(C)C1C. The first kappa shape index (κ1) is 13.4. The van der Waals surface area contributed by atoms with Gasteiger partial charge in [0.25, 0.3) is 0 Å². The van der Waals surface area contributed by atoms with Crippen LogP contribution >= 0.6 is 15.9 Å². The van der Waals surface area contributed by atoms with Crippen LogP contribution < -0.4 is 4.90 Å². The van der Waals surface area contributed by atoms with Crippen LogP contribution in [-0.4, -0.2) is 36.0 Å². The molecule has 1 saturated heterocycles. The Balaban J connectivity index is 2.20. The minimum absolute atomic E-state index is 0.170. The van der Waals surface area contributed by atoms with E-state index >= 15 is 0 Å². The molecular formula is C14H19BrN2O. The third-order valence-electron chi connectivity index (χ3n) is 3.81. The van der Waals surface area contributed by atoms with E-state index in [9.17, 15) is 4.79 Å². The maximum absolute atomic E-state index is 11.6. The Kier molecular flexibility index (Phi) is 3.95. The molecule has 0 spiro atoms. The van der Waals surface area contributed by atoms with Gasteiger partial charge in [0, 0.05) is 42.3 Å². The molecular weight excluding hydrogens is 292 g/mol. The number of anilines is 1. The van der Waals surface area contributed by atoms with Gasteiger partial charge in [-0.1, -0.05) is 22.0 Å². The molecule has 1 amide bonds. The van der Waals surface area contributed by atoms with Crippen LogP contribution in [0.2, 0.25) is 0 Å². The Morgan fingerprint density at radius 3 is 2.61 bits per heavy atom. The average molecular weight is 311 g/mol. The minimum Gasteiger partial charge on any atom is -0.365 e. The number of nitrogens with zero attached hydrogens (tertiary/aromatic N) is 2. The number of amides is 1. The molecule has 2 unspecified atom stereocenters. The van der Waals surface area contributed by atoms with Crippen LogP contribution in [0.3, 0.4) is 0 Å². The van der Waals surface area contributed by atoms with Gasteiger partial charge in [0.05, 0.1) is 0 Å². The number of rotatable bonds is 1. The van der Waals surface area contributed by atoms with E-state index in [1.54, 1.807) is 6.92 Å². The summed E-state index contributed by atoms with van der Waals surface area (Å²) in [5.41, 5.74) is 1.21. The number of halogens is 1. The van der Waals surface area contributed by atoms with Crippen LogP contribution in [0, 0.1) is 0 Å². The number of carbonyl (C=O) groups excluding carboxylic acids is 1. The fourth-order valence-corrected chi connectivity index (χ4v) is 2.99. The summed E-state index contributed by atoms with van der Waals surface area (Å²) < 4.78 is 1.09. The van der Waals surface area contributed by atoms with Crippen molar-refractivity contribution >= 4 is 27.5 Å². The number of carbonyl (C=O) groups is 1. The van der Waals surface area contributed by atoms with Crippen molar-refractivity contribution in [2.45, 2.75) is 32.9 Å². The molecule has 1 heterocycles. The predicted molar refractivity (Wildman–Crippen MR) is 77.8 cm³/mol. The lowest BCUT2D eigenvalue weighted by atomic mass is 10.0. The van der Waals surface area contributed by atoms with Crippen molar-refractivity contribution in [2.75, 3.05) is 18.0 Å². The monoisotopic (exact) mass is 310 g/mol. The highest BCUT2D eigenvalue weighted by molar-refractivity contribution is 9.10. The quantitative estimate of drug-likeness (QED) is 0.796. The molecule has 0 radical (unpaired) electrons. The summed E-state index contributed by atoms with van der Waals surface area (Å²) in [7, 11) is 0. The maximum atomic E-state index is 11.6. The van der Waals surface area contributed by atoms with Crippen LogP contribution in [0.1, 0.15) is 20.8 Å². The van der Waals surface area contributed by atoms with Crippen LogP contribution in [0.5, 0.6) is 0 Å². The van der Waals surface area contributed by atoms with Crippen LogP contribution in [0.15, 0.2) is 28.7 Å². The first-order chi connectivity index (χ1) is 8.50. The van der Waals surface area contributed by atoms with Gasteiger partial charge in [-0.2, -0.15) is 0 Å². The Morgan fingerprint density at radius 2 is 2.00 bits per heavy atom. The summed E-state index contributed by atoms with van der Waals surface area (Å²) in [6.45, 7) is 7.64. The Hall–Kier alpha value is -1.03. The highest BCUT2D eigenvalue weighted by Crippen LogP contribution is 2.26. The second-order valence-electron chi connectivity index (χ2n) is 4.87. The molecule has 98 valence electrons. The normalized spacial score (nSPS) is 24.2. The van der Waals surface area contributed by atoms with Crippen molar-refractivity contribution in [1.29, 1.82) is 0 Å². The molecule has 1 aliphatic heterocycles. The molecule has 0 aromatic heterocycles. The van der Waals surface area contributed by atoms with Gasteiger partial charge in [-0.3, -0.25) is 4.79 Å². The zero-order valence-electron chi connectivity index (χ0n) is 11.1. The first-order valence-electron chi connectivity index (χ1n) is 6.30. The molecule has 1 aromatic carbocycles. The second kappa shape index (κ2) is 5.31. The van der Waals surface area contributed by atoms with E-state index < -0.39 is 0 Å². The minimum atomic E-state index is 0.170. The lowest BCUT2D eigenvalue weighted by Gasteiger charge is -2.46. The molecule has 1 fully saturated rings. The standard InChI is InChI=1S/C14H19BrN2O/c1-10-11(2)17(8-7-16(10)12(3)18)14-6-4-5-13(15)9-14/h4-6,9-11H,7-8H2,1-3H3. The molecule has 3 nitrogen and oxygen atoms in total. The van der Waals surface area contributed by atoms with Crippen molar-refractivity contribution in [3.8, 4) is 0 Å². The number of hydrogen-bond donors (Lipinski definition) is 0. The highest BCUT2D eigenvalue weighted by Gasteiger charge is 2.31. The molecule has 0 bridgehead atoms. The molecule has 2 atom stereocenters. The fourth-order valence-electron chi connectivity index (χ4n) is 2.61. The molecule has 1 aromatic rings. The molecule has 1 aliphatic rings. The Morgan fingerprint density at radius 1 is 1.28 bits per heavy atom. The van der Waals surface area contributed by atoms with Gasteiger partial charge in [0.2, 0.25) is 5.91 Å². The van der Waals surface area contributed by atoms with Gasteiger partial charge < -0.3 is 9.80 Å². The molecule has 2 rings (SSSR count). The summed E-state index contributed by atoms with van der Waals surface area (Å²) in [4.78, 5) is 15.9. The lowest BCUT2D eigenvalue weighted by molar-refractivity contribution is -0.131. The van der Waals surface area contributed by atoms with E-state index in [2.05, 4.69) is 46.8 Å². The van der Waals surface area contributed by atoms with Crippen LogP contribution in [0.4, 0.5) is 5.69 Å². The van der Waals surface area contributed by atoms with E-state index in [4.69, 9.17) is 0 Å². The predicted octanol–water partition coefficient (Wildman–Crippen LogP) is 2.89. The van der Waals surface area contributed by atoms with E-state index in [1.165, 1.54) is 5.69 Å². The van der Waals surface area contributed by atoms with Gasteiger partial charge in [0.15, 0.2) is 0 Å². The molecule has 4 heteroatoms. The summed E-state index contributed by atoms with van der Waals surface area (Å²) in [5, 5.41) is 0. The molecule has 18 heavy (non-hydrogen) atoms. The van der Waals surface area contributed by atoms with Gasteiger partial charge in [-0.05, 0) is 32.0 Å². The third kappa shape index (κ3) is 2.53. The maximum Gasteiger partial charge on any atom is 0.219 e. The first-order valence-corrected chi connectivity index (χ1v) is 7.09.